The fourth-order valence-corrected chi connectivity index (χ4v) is 3.97. The molecule has 0 aliphatic carbocycles. The summed E-state index contributed by atoms with van der Waals surface area (Å²) in [4.78, 5) is 31.9. The van der Waals surface area contributed by atoms with Crippen molar-refractivity contribution in [1.82, 2.24) is 4.98 Å². The molecule has 0 saturated carbocycles. The summed E-state index contributed by atoms with van der Waals surface area (Å²) in [5.74, 6) is -0.383. The average molecular weight is 374 g/mol. The summed E-state index contributed by atoms with van der Waals surface area (Å²) in [5, 5.41) is 0.877. The molecule has 0 bridgehead atoms. The van der Waals surface area contributed by atoms with Gasteiger partial charge in [-0.05, 0) is 55.2 Å². The van der Waals surface area contributed by atoms with E-state index in [1.807, 2.05) is 48.2 Å². The Hall–Kier alpha value is -3.21. The minimum atomic E-state index is -0.365. The number of hydrogen-bond acceptors (Lipinski definition) is 4. The Morgan fingerprint density at radius 3 is 2.71 bits per heavy atom. The van der Waals surface area contributed by atoms with E-state index in [-0.39, 0.29) is 11.9 Å². The molecule has 28 heavy (non-hydrogen) atoms. The summed E-state index contributed by atoms with van der Waals surface area (Å²) in [6.45, 7) is 4.62. The largest absolute Gasteiger partial charge is 0.465 e. The molecule has 0 saturated heterocycles. The van der Waals surface area contributed by atoms with E-state index in [1.54, 1.807) is 6.07 Å². The molecular formula is C23H22N2O3. The third-order valence-electron chi connectivity index (χ3n) is 5.43. The summed E-state index contributed by atoms with van der Waals surface area (Å²) in [7, 11) is 1.37. The maximum absolute atomic E-state index is 13.6. The number of amides is 1. The number of anilines is 1. The van der Waals surface area contributed by atoms with Gasteiger partial charge in [0, 0.05) is 23.3 Å². The van der Waals surface area contributed by atoms with Crippen molar-refractivity contribution in [3.8, 4) is 0 Å². The molecule has 2 heterocycles. The van der Waals surface area contributed by atoms with E-state index in [4.69, 9.17) is 9.72 Å². The van der Waals surface area contributed by atoms with E-state index in [1.165, 1.54) is 7.11 Å². The van der Waals surface area contributed by atoms with Gasteiger partial charge in [-0.25, -0.2) is 4.79 Å². The Kier molecular flexibility index (Phi) is 4.59. The van der Waals surface area contributed by atoms with Crippen molar-refractivity contribution in [1.29, 1.82) is 0 Å². The van der Waals surface area contributed by atoms with E-state index in [0.29, 0.717) is 24.1 Å². The first-order valence-electron chi connectivity index (χ1n) is 9.46. The van der Waals surface area contributed by atoms with Crippen molar-refractivity contribution in [3.05, 3.63) is 70.4 Å². The predicted octanol–water partition coefficient (Wildman–Crippen LogP) is 4.10. The Balaban J connectivity index is 1.81. The molecule has 5 heteroatoms. The van der Waals surface area contributed by atoms with Crippen LogP contribution in [-0.4, -0.2) is 30.5 Å². The number of aromatic nitrogens is 1. The van der Waals surface area contributed by atoms with Crippen molar-refractivity contribution >= 4 is 28.5 Å². The lowest BCUT2D eigenvalue weighted by Gasteiger charge is -2.21. The van der Waals surface area contributed by atoms with Gasteiger partial charge in [0.05, 0.1) is 23.8 Å². The van der Waals surface area contributed by atoms with E-state index >= 15 is 0 Å². The first kappa shape index (κ1) is 18.2. The van der Waals surface area contributed by atoms with Crippen LogP contribution in [0.5, 0.6) is 0 Å². The minimum absolute atomic E-state index is 0.0182. The standard InChI is InChI=1S/C23H22N2O3/c1-4-18-14(2)21(17-7-5-6-8-19(17)24-18)22(26)25-12-11-15-13-16(23(27)28-3)9-10-20(15)25/h5-10,13H,4,11-12H2,1-3H3. The van der Waals surface area contributed by atoms with Gasteiger partial charge in [0.25, 0.3) is 5.91 Å². The van der Waals surface area contributed by atoms with Crippen LogP contribution in [0.25, 0.3) is 10.9 Å². The first-order chi connectivity index (χ1) is 13.5. The Labute approximate surface area is 163 Å². The maximum atomic E-state index is 13.6. The summed E-state index contributed by atoms with van der Waals surface area (Å²) in [6.07, 6.45) is 1.49. The lowest BCUT2D eigenvalue weighted by Crippen LogP contribution is -2.30. The lowest BCUT2D eigenvalue weighted by molar-refractivity contribution is 0.0600. The number of methoxy groups -OCH3 is 1. The first-order valence-corrected chi connectivity index (χ1v) is 9.46. The second kappa shape index (κ2) is 7.08. The molecular weight excluding hydrogens is 352 g/mol. The van der Waals surface area contributed by atoms with E-state index in [0.717, 1.165) is 39.8 Å². The zero-order valence-corrected chi connectivity index (χ0v) is 16.3. The van der Waals surface area contributed by atoms with Crippen LogP contribution < -0.4 is 4.90 Å². The van der Waals surface area contributed by atoms with Crippen LogP contribution in [0.2, 0.25) is 0 Å². The van der Waals surface area contributed by atoms with Gasteiger partial charge in [-0.3, -0.25) is 9.78 Å². The second-order valence-corrected chi connectivity index (χ2v) is 6.97. The number of esters is 1. The number of aryl methyl sites for hydroxylation is 1. The highest BCUT2D eigenvalue weighted by Gasteiger charge is 2.29. The Morgan fingerprint density at radius 1 is 1.18 bits per heavy atom. The summed E-state index contributed by atoms with van der Waals surface area (Å²) in [6, 6.07) is 13.2. The maximum Gasteiger partial charge on any atom is 0.337 e. The number of pyridine rings is 1. The Bertz CT molecular complexity index is 1100. The Morgan fingerprint density at radius 2 is 1.96 bits per heavy atom. The van der Waals surface area contributed by atoms with Gasteiger partial charge in [-0.2, -0.15) is 0 Å². The SMILES string of the molecule is CCc1nc2ccccc2c(C(=O)N2CCc3cc(C(=O)OC)ccc32)c1C. The highest BCUT2D eigenvalue weighted by atomic mass is 16.5. The molecule has 3 aromatic rings. The molecule has 142 valence electrons. The summed E-state index contributed by atoms with van der Waals surface area (Å²) in [5.41, 5.74) is 5.79. The van der Waals surface area contributed by atoms with Crippen molar-refractivity contribution in [2.24, 2.45) is 0 Å². The predicted molar refractivity (Wildman–Crippen MR) is 109 cm³/mol. The number of ether oxygens (including phenoxy) is 1. The van der Waals surface area contributed by atoms with Crippen molar-refractivity contribution in [2.45, 2.75) is 26.7 Å². The molecule has 0 spiro atoms. The zero-order valence-electron chi connectivity index (χ0n) is 16.3. The number of carbonyl (C=O) groups excluding carboxylic acids is 2. The van der Waals surface area contributed by atoms with Crippen molar-refractivity contribution in [3.63, 3.8) is 0 Å². The fourth-order valence-electron chi connectivity index (χ4n) is 3.97. The highest BCUT2D eigenvalue weighted by Crippen LogP contribution is 2.33. The molecule has 1 aliphatic rings. The number of hydrogen-bond donors (Lipinski definition) is 0. The van der Waals surface area contributed by atoms with Gasteiger partial charge in [-0.1, -0.05) is 25.1 Å². The zero-order chi connectivity index (χ0) is 19.8. The molecule has 1 aliphatic heterocycles. The van der Waals surface area contributed by atoms with Crippen LogP contribution in [0.1, 0.15) is 44.5 Å². The van der Waals surface area contributed by atoms with E-state index in [2.05, 4.69) is 6.92 Å². The van der Waals surface area contributed by atoms with Gasteiger partial charge in [0.1, 0.15) is 0 Å². The second-order valence-electron chi connectivity index (χ2n) is 6.97. The molecule has 1 aromatic heterocycles. The molecule has 1 amide bonds. The average Bonchev–Trinajstić information content (AvgIpc) is 3.15. The van der Waals surface area contributed by atoms with E-state index < -0.39 is 0 Å². The molecule has 5 nitrogen and oxygen atoms in total. The third-order valence-corrected chi connectivity index (χ3v) is 5.43. The van der Waals surface area contributed by atoms with E-state index in [9.17, 15) is 9.59 Å². The van der Waals surface area contributed by atoms with Crippen LogP contribution in [0.4, 0.5) is 5.69 Å². The minimum Gasteiger partial charge on any atom is -0.465 e. The third kappa shape index (κ3) is 2.83. The molecule has 2 aromatic carbocycles. The lowest BCUT2D eigenvalue weighted by atomic mass is 9.99. The van der Waals surface area contributed by atoms with Gasteiger partial charge in [0.2, 0.25) is 0 Å². The summed E-state index contributed by atoms with van der Waals surface area (Å²) >= 11 is 0. The van der Waals surface area contributed by atoms with Crippen LogP contribution in [0.15, 0.2) is 42.5 Å². The topological polar surface area (TPSA) is 59.5 Å². The normalized spacial score (nSPS) is 12.9. The van der Waals surface area contributed by atoms with Gasteiger partial charge in [-0.15, -0.1) is 0 Å². The monoisotopic (exact) mass is 374 g/mol. The van der Waals surface area contributed by atoms with Crippen LogP contribution in [0.3, 0.4) is 0 Å². The van der Waals surface area contributed by atoms with Crippen LogP contribution in [-0.2, 0) is 17.6 Å². The van der Waals surface area contributed by atoms with Crippen molar-refractivity contribution in [2.75, 3.05) is 18.6 Å². The molecule has 0 unspecified atom stereocenters. The highest BCUT2D eigenvalue weighted by molar-refractivity contribution is 6.15. The number of nitrogens with zero attached hydrogens (tertiary/aromatic N) is 2. The molecule has 0 atom stereocenters. The quantitative estimate of drug-likeness (QED) is 0.648. The number of rotatable bonds is 3. The molecule has 0 radical (unpaired) electrons. The smallest absolute Gasteiger partial charge is 0.337 e. The summed E-state index contributed by atoms with van der Waals surface area (Å²) < 4.78 is 4.80. The van der Waals surface area contributed by atoms with Gasteiger partial charge in [0.15, 0.2) is 0 Å². The van der Waals surface area contributed by atoms with Crippen LogP contribution in [0, 0.1) is 6.92 Å². The molecule has 4 rings (SSSR count). The number of carbonyl (C=O) groups is 2. The molecule has 0 fully saturated rings. The molecule has 0 N–H and O–H groups in total. The number of para-hydroxylation sites is 1. The van der Waals surface area contributed by atoms with Crippen molar-refractivity contribution < 1.29 is 14.3 Å². The van der Waals surface area contributed by atoms with Gasteiger partial charge < -0.3 is 9.64 Å². The number of benzene rings is 2. The van der Waals surface area contributed by atoms with Crippen LogP contribution >= 0.6 is 0 Å². The van der Waals surface area contributed by atoms with Gasteiger partial charge >= 0.3 is 5.97 Å². The number of fused-ring (bicyclic) bond motifs is 2. The fraction of sp³-hybridized carbons (Fsp3) is 0.261.